The second-order valence-electron chi connectivity index (χ2n) is 4.21. The summed E-state index contributed by atoms with van der Waals surface area (Å²) < 4.78 is 10.4. The van der Waals surface area contributed by atoms with Crippen molar-refractivity contribution in [1.29, 1.82) is 0 Å². The van der Waals surface area contributed by atoms with E-state index in [0.717, 1.165) is 11.8 Å². The van der Waals surface area contributed by atoms with Gasteiger partial charge in [0.25, 0.3) is 0 Å². The molecule has 2 rings (SSSR count). The molecule has 0 spiro atoms. The van der Waals surface area contributed by atoms with Crippen LogP contribution in [0, 0.1) is 0 Å². The second-order valence-corrected chi connectivity index (χ2v) is 5.20. The number of aromatic nitrogens is 2. The summed E-state index contributed by atoms with van der Waals surface area (Å²) in [6.07, 6.45) is 0. The van der Waals surface area contributed by atoms with E-state index < -0.39 is 5.97 Å². The first-order valence-corrected chi connectivity index (χ1v) is 7.23. The maximum Gasteiger partial charge on any atom is 0.313 e. The topological polar surface area (TPSA) is 108 Å². The van der Waals surface area contributed by atoms with Crippen molar-refractivity contribution in [2.75, 3.05) is 25.7 Å². The van der Waals surface area contributed by atoms with Gasteiger partial charge in [0.2, 0.25) is 0 Å². The van der Waals surface area contributed by atoms with Crippen molar-refractivity contribution < 1.29 is 19.4 Å². The number of hydrogen-bond acceptors (Lipinski definition) is 7. The molecule has 0 saturated carbocycles. The van der Waals surface area contributed by atoms with Crippen LogP contribution in [0.2, 0.25) is 0 Å². The van der Waals surface area contributed by atoms with Gasteiger partial charge in [0.15, 0.2) is 17.3 Å². The van der Waals surface area contributed by atoms with Crippen LogP contribution in [-0.4, -0.2) is 41.0 Å². The van der Waals surface area contributed by atoms with E-state index >= 15 is 0 Å². The summed E-state index contributed by atoms with van der Waals surface area (Å²) in [6, 6.07) is 6.80. The van der Waals surface area contributed by atoms with E-state index in [1.807, 2.05) is 0 Å². The Labute approximate surface area is 131 Å². The Morgan fingerprint density at radius 2 is 1.95 bits per heavy atom. The predicted octanol–water partition coefficient (Wildman–Crippen LogP) is 1.92. The molecule has 0 unspecified atom stereocenters. The number of methoxy groups -OCH3 is 2. The highest BCUT2D eigenvalue weighted by molar-refractivity contribution is 7.99. The van der Waals surface area contributed by atoms with Crippen LogP contribution in [0.4, 0.5) is 5.82 Å². The minimum Gasteiger partial charge on any atom is -0.493 e. The van der Waals surface area contributed by atoms with Crippen LogP contribution in [-0.2, 0) is 4.79 Å². The molecule has 0 aliphatic rings. The zero-order valence-electron chi connectivity index (χ0n) is 12.1. The Kier molecular flexibility index (Phi) is 5.05. The lowest BCUT2D eigenvalue weighted by molar-refractivity contribution is -0.133. The van der Waals surface area contributed by atoms with Gasteiger partial charge >= 0.3 is 5.97 Å². The van der Waals surface area contributed by atoms with Gasteiger partial charge in [-0.2, -0.15) is 0 Å². The third kappa shape index (κ3) is 3.79. The van der Waals surface area contributed by atoms with Crippen LogP contribution in [0.3, 0.4) is 0 Å². The molecule has 0 atom stereocenters. The summed E-state index contributed by atoms with van der Waals surface area (Å²) in [7, 11) is 3.09. The Morgan fingerprint density at radius 1 is 1.23 bits per heavy atom. The minimum atomic E-state index is -0.921. The maximum absolute atomic E-state index is 10.6. The van der Waals surface area contributed by atoms with Crippen molar-refractivity contribution in [3.8, 4) is 22.9 Å². The molecule has 0 saturated heterocycles. The highest BCUT2D eigenvalue weighted by atomic mass is 32.2. The number of nitrogens with two attached hydrogens (primary N) is 1. The number of rotatable bonds is 6. The first-order valence-electron chi connectivity index (χ1n) is 6.25. The molecule has 0 radical (unpaired) electrons. The molecular weight excluding hydrogens is 306 g/mol. The number of thioether (sulfide) groups is 1. The predicted molar refractivity (Wildman–Crippen MR) is 83.3 cm³/mol. The summed E-state index contributed by atoms with van der Waals surface area (Å²) in [5, 5.41) is 9.23. The SMILES string of the molecule is COc1ccc(-c2nc(N)cc(SCC(=O)O)n2)cc1OC. The van der Waals surface area contributed by atoms with E-state index in [1.165, 1.54) is 13.2 Å². The molecule has 0 aliphatic carbocycles. The fourth-order valence-electron chi connectivity index (χ4n) is 1.76. The highest BCUT2D eigenvalue weighted by Crippen LogP contribution is 2.32. The van der Waals surface area contributed by atoms with E-state index in [1.54, 1.807) is 25.3 Å². The first kappa shape index (κ1) is 15.9. The van der Waals surface area contributed by atoms with Crippen molar-refractivity contribution in [3.05, 3.63) is 24.3 Å². The van der Waals surface area contributed by atoms with E-state index in [0.29, 0.717) is 27.9 Å². The van der Waals surface area contributed by atoms with Gasteiger partial charge in [0.05, 0.1) is 20.0 Å². The Morgan fingerprint density at radius 3 is 2.59 bits per heavy atom. The zero-order valence-corrected chi connectivity index (χ0v) is 12.9. The number of ether oxygens (including phenoxy) is 2. The second kappa shape index (κ2) is 6.99. The molecule has 8 heteroatoms. The van der Waals surface area contributed by atoms with Gasteiger partial charge in [0, 0.05) is 11.6 Å². The molecule has 116 valence electrons. The fourth-order valence-corrected chi connectivity index (χ4v) is 2.38. The summed E-state index contributed by atoms with van der Waals surface area (Å²) in [5.74, 6) is 0.791. The third-order valence-electron chi connectivity index (χ3n) is 2.71. The summed E-state index contributed by atoms with van der Waals surface area (Å²) in [5.41, 5.74) is 6.46. The number of anilines is 1. The number of carboxylic acid groups (broad SMARTS) is 1. The molecule has 7 nitrogen and oxygen atoms in total. The summed E-state index contributed by atoms with van der Waals surface area (Å²) >= 11 is 1.08. The van der Waals surface area contributed by atoms with Crippen LogP contribution in [0.1, 0.15) is 0 Å². The van der Waals surface area contributed by atoms with Crippen molar-refractivity contribution >= 4 is 23.5 Å². The lowest BCUT2D eigenvalue weighted by atomic mass is 10.2. The number of carboxylic acids is 1. The minimum absolute atomic E-state index is 0.0954. The van der Waals surface area contributed by atoms with E-state index in [-0.39, 0.29) is 11.6 Å². The molecule has 1 aromatic heterocycles. The van der Waals surface area contributed by atoms with Gasteiger partial charge in [-0.15, -0.1) is 0 Å². The molecular formula is C14H15N3O4S. The molecule has 3 N–H and O–H groups in total. The van der Waals surface area contributed by atoms with Crippen LogP contribution in [0.25, 0.3) is 11.4 Å². The van der Waals surface area contributed by atoms with Gasteiger partial charge in [-0.1, -0.05) is 11.8 Å². The Bertz CT molecular complexity index is 694. The number of hydrogen-bond donors (Lipinski definition) is 2. The van der Waals surface area contributed by atoms with Gasteiger partial charge in [0.1, 0.15) is 10.8 Å². The standard InChI is InChI=1S/C14H15N3O4S/c1-20-9-4-3-8(5-10(9)21-2)14-16-11(15)6-12(17-14)22-7-13(18)19/h3-6H,7H2,1-2H3,(H,18,19)(H2,15,16,17). The Balaban J connectivity index is 2.37. The molecule has 1 aromatic carbocycles. The summed E-state index contributed by atoms with van der Waals surface area (Å²) in [6.45, 7) is 0. The van der Waals surface area contributed by atoms with Crippen LogP contribution in [0.5, 0.6) is 11.5 Å². The van der Waals surface area contributed by atoms with Crippen molar-refractivity contribution in [2.24, 2.45) is 0 Å². The summed E-state index contributed by atoms with van der Waals surface area (Å²) in [4.78, 5) is 19.1. The molecule has 0 bridgehead atoms. The van der Waals surface area contributed by atoms with Crippen LogP contribution >= 0.6 is 11.8 Å². The molecule has 2 aromatic rings. The normalized spacial score (nSPS) is 10.3. The van der Waals surface area contributed by atoms with Crippen LogP contribution < -0.4 is 15.2 Å². The van der Waals surface area contributed by atoms with E-state index in [4.69, 9.17) is 20.3 Å². The largest absolute Gasteiger partial charge is 0.493 e. The number of aliphatic carboxylic acids is 1. The Hall–Kier alpha value is -2.48. The zero-order chi connectivity index (χ0) is 16.1. The van der Waals surface area contributed by atoms with E-state index in [9.17, 15) is 4.79 Å². The average Bonchev–Trinajstić information content (AvgIpc) is 2.51. The third-order valence-corrected chi connectivity index (χ3v) is 3.60. The van der Waals surface area contributed by atoms with Gasteiger partial charge in [-0.25, -0.2) is 9.97 Å². The maximum atomic E-state index is 10.6. The van der Waals surface area contributed by atoms with Gasteiger partial charge < -0.3 is 20.3 Å². The molecule has 0 aliphatic heterocycles. The van der Waals surface area contributed by atoms with Crippen molar-refractivity contribution in [2.45, 2.75) is 5.03 Å². The number of nitrogen functional groups attached to an aromatic ring is 1. The van der Waals surface area contributed by atoms with Crippen LogP contribution in [0.15, 0.2) is 29.3 Å². The lowest BCUT2D eigenvalue weighted by Crippen LogP contribution is -2.01. The highest BCUT2D eigenvalue weighted by Gasteiger charge is 2.11. The smallest absolute Gasteiger partial charge is 0.313 e. The quantitative estimate of drug-likeness (QED) is 0.614. The molecule has 0 amide bonds. The lowest BCUT2D eigenvalue weighted by Gasteiger charge is -2.10. The molecule has 1 heterocycles. The van der Waals surface area contributed by atoms with Gasteiger partial charge in [-0.05, 0) is 18.2 Å². The number of nitrogens with zero attached hydrogens (tertiary/aromatic N) is 2. The number of benzene rings is 1. The molecule has 22 heavy (non-hydrogen) atoms. The molecule has 0 fully saturated rings. The van der Waals surface area contributed by atoms with Gasteiger partial charge in [-0.3, -0.25) is 4.79 Å². The fraction of sp³-hybridized carbons (Fsp3) is 0.214. The monoisotopic (exact) mass is 321 g/mol. The average molecular weight is 321 g/mol. The van der Waals surface area contributed by atoms with E-state index in [2.05, 4.69) is 9.97 Å². The number of carbonyl (C=O) groups is 1. The van der Waals surface area contributed by atoms with Crippen molar-refractivity contribution in [1.82, 2.24) is 9.97 Å². The first-order chi connectivity index (χ1) is 10.5. The van der Waals surface area contributed by atoms with Crippen molar-refractivity contribution in [3.63, 3.8) is 0 Å².